The van der Waals surface area contributed by atoms with Crippen molar-refractivity contribution in [3.05, 3.63) is 12.4 Å². The van der Waals surface area contributed by atoms with E-state index in [1.54, 1.807) is 44.9 Å². The molecule has 0 radical (unpaired) electrons. The molecule has 1 rings (SSSR count). The molecule has 0 aliphatic heterocycles. The van der Waals surface area contributed by atoms with E-state index in [0.29, 0.717) is 5.69 Å². The van der Waals surface area contributed by atoms with E-state index in [9.17, 15) is 4.79 Å². The maximum atomic E-state index is 11.9. The molecule has 0 saturated heterocycles. The van der Waals surface area contributed by atoms with Gasteiger partial charge in [-0.25, -0.2) is 4.79 Å². The van der Waals surface area contributed by atoms with Gasteiger partial charge in [0, 0.05) is 13.2 Å². The van der Waals surface area contributed by atoms with Crippen molar-refractivity contribution in [2.45, 2.75) is 26.4 Å². The van der Waals surface area contributed by atoms with Crippen LogP contribution >= 0.6 is 0 Å². The van der Waals surface area contributed by atoms with Crippen molar-refractivity contribution >= 4 is 11.8 Å². The van der Waals surface area contributed by atoms with Crippen LogP contribution in [0.2, 0.25) is 0 Å². The molecule has 0 saturated carbocycles. The molecular weight excluding hydrogens is 222 g/mol. The lowest BCUT2D eigenvalue weighted by Gasteiger charge is -2.25. The Labute approximate surface area is 101 Å². The van der Waals surface area contributed by atoms with Crippen molar-refractivity contribution in [1.82, 2.24) is 9.78 Å². The molecule has 6 nitrogen and oxygen atoms in total. The summed E-state index contributed by atoms with van der Waals surface area (Å²) in [6.45, 7) is 5.44. The molecule has 0 bridgehead atoms. The van der Waals surface area contributed by atoms with Crippen LogP contribution in [0, 0.1) is 0 Å². The fraction of sp³-hybridized carbons (Fsp3) is 0.636. The lowest BCUT2D eigenvalue weighted by atomic mass is 10.2. The van der Waals surface area contributed by atoms with E-state index in [1.807, 2.05) is 0 Å². The zero-order chi connectivity index (χ0) is 13.1. The van der Waals surface area contributed by atoms with Gasteiger partial charge in [0.25, 0.3) is 0 Å². The van der Waals surface area contributed by atoms with E-state index in [2.05, 4.69) is 5.10 Å². The third-order valence-electron chi connectivity index (χ3n) is 1.94. The Morgan fingerprint density at radius 1 is 1.59 bits per heavy atom. The summed E-state index contributed by atoms with van der Waals surface area (Å²) in [6.07, 6.45) is 2.76. The van der Waals surface area contributed by atoms with Crippen molar-refractivity contribution in [2.75, 3.05) is 18.1 Å². The zero-order valence-electron chi connectivity index (χ0n) is 10.7. The molecule has 96 valence electrons. The summed E-state index contributed by atoms with van der Waals surface area (Å²) in [6, 6.07) is 0. The van der Waals surface area contributed by atoms with Crippen molar-refractivity contribution in [2.24, 2.45) is 7.05 Å². The average Bonchev–Trinajstić information content (AvgIpc) is 2.58. The predicted molar refractivity (Wildman–Crippen MR) is 63.9 cm³/mol. The fourth-order valence-corrected chi connectivity index (χ4v) is 1.29. The number of rotatable bonds is 3. The molecule has 0 aliphatic carbocycles. The SMILES string of the molecule is Cn1cc(N(CCO)C(=O)OC(C)(C)C)cn1. The second-order valence-electron chi connectivity index (χ2n) is 4.73. The summed E-state index contributed by atoms with van der Waals surface area (Å²) in [7, 11) is 1.76. The number of aliphatic hydroxyl groups excluding tert-OH is 1. The summed E-state index contributed by atoms with van der Waals surface area (Å²) in [5.74, 6) is 0. The third kappa shape index (κ3) is 4.07. The molecule has 1 amide bonds. The minimum Gasteiger partial charge on any atom is -0.443 e. The molecule has 0 aromatic carbocycles. The van der Waals surface area contributed by atoms with Gasteiger partial charge in [0.2, 0.25) is 0 Å². The molecular formula is C11H19N3O3. The van der Waals surface area contributed by atoms with E-state index in [-0.39, 0.29) is 13.2 Å². The van der Waals surface area contributed by atoms with Gasteiger partial charge in [-0.15, -0.1) is 0 Å². The smallest absolute Gasteiger partial charge is 0.414 e. The molecule has 1 heterocycles. The number of anilines is 1. The van der Waals surface area contributed by atoms with Gasteiger partial charge in [0.15, 0.2) is 0 Å². The number of hydrogen-bond acceptors (Lipinski definition) is 4. The van der Waals surface area contributed by atoms with Gasteiger partial charge in [0.05, 0.1) is 25.0 Å². The zero-order valence-corrected chi connectivity index (χ0v) is 10.7. The van der Waals surface area contributed by atoms with Crippen LogP contribution < -0.4 is 4.90 Å². The van der Waals surface area contributed by atoms with E-state index < -0.39 is 11.7 Å². The standard InChI is InChI=1S/C11H19N3O3/c1-11(2,3)17-10(16)14(5-6-15)9-7-12-13(4)8-9/h7-8,15H,5-6H2,1-4H3. The summed E-state index contributed by atoms with van der Waals surface area (Å²) >= 11 is 0. The summed E-state index contributed by atoms with van der Waals surface area (Å²) in [4.78, 5) is 13.3. The highest BCUT2D eigenvalue weighted by molar-refractivity contribution is 5.87. The fourth-order valence-electron chi connectivity index (χ4n) is 1.29. The maximum Gasteiger partial charge on any atom is 0.414 e. The summed E-state index contributed by atoms with van der Waals surface area (Å²) < 4.78 is 6.84. The first kappa shape index (κ1) is 13.5. The van der Waals surface area contributed by atoms with Crippen LogP contribution in [0.3, 0.4) is 0 Å². The summed E-state index contributed by atoms with van der Waals surface area (Å²) in [5, 5.41) is 13.0. The first-order valence-corrected chi connectivity index (χ1v) is 5.43. The largest absolute Gasteiger partial charge is 0.443 e. The first-order chi connectivity index (χ1) is 7.83. The number of carbonyl (C=O) groups excluding carboxylic acids is 1. The molecule has 0 spiro atoms. The van der Waals surface area contributed by atoms with Gasteiger partial charge in [-0.05, 0) is 20.8 Å². The quantitative estimate of drug-likeness (QED) is 0.862. The van der Waals surface area contributed by atoms with Crippen LogP contribution in [0.25, 0.3) is 0 Å². The minimum atomic E-state index is -0.563. The number of nitrogens with zero attached hydrogens (tertiary/aromatic N) is 3. The Morgan fingerprint density at radius 3 is 2.65 bits per heavy atom. The molecule has 6 heteroatoms. The first-order valence-electron chi connectivity index (χ1n) is 5.43. The van der Waals surface area contributed by atoms with Crippen LogP contribution in [-0.2, 0) is 11.8 Å². The van der Waals surface area contributed by atoms with Crippen molar-refractivity contribution in [3.8, 4) is 0 Å². The predicted octanol–water partition coefficient (Wildman–Crippen LogP) is 1.15. The van der Waals surface area contributed by atoms with E-state index in [4.69, 9.17) is 9.84 Å². The van der Waals surface area contributed by atoms with Crippen molar-refractivity contribution in [1.29, 1.82) is 0 Å². The van der Waals surface area contributed by atoms with E-state index in [0.717, 1.165) is 0 Å². The second kappa shape index (κ2) is 5.18. The lowest BCUT2D eigenvalue weighted by Crippen LogP contribution is -2.38. The molecule has 1 N–H and O–H groups in total. The number of amides is 1. The normalized spacial score (nSPS) is 11.4. The molecule has 0 unspecified atom stereocenters. The number of carbonyl (C=O) groups is 1. The minimum absolute atomic E-state index is 0.131. The number of aromatic nitrogens is 2. The van der Waals surface area contributed by atoms with Gasteiger partial charge in [-0.3, -0.25) is 9.58 Å². The number of aliphatic hydroxyl groups is 1. The Balaban J connectivity index is 2.82. The number of hydrogen-bond donors (Lipinski definition) is 1. The average molecular weight is 241 g/mol. The highest BCUT2D eigenvalue weighted by Gasteiger charge is 2.23. The molecule has 0 fully saturated rings. The Morgan fingerprint density at radius 2 is 2.24 bits per heavy atom. The lowest BCUT2D eigenvalue weighted by molar-refractivity contribution is 0.0573. The van der Waals surface area contributed by atoms with Gasteiger partial charge in [-0.2, -0.15) is 5.10 Å². The van der Waals surface area contributed by atoms with Crippen LogP contribution in [-0.4, -0.2) is 39.7 Å². The van der Waals surface area contributed by atoms with Crippen molar-refractivity contribution < 1.29 is 14.6 Å². The van der Waals surface area contributed by atoms with Gasteiger partial charge in [-0.1, -0.05) is 0 Å². The summed E-state index contributed by atoms with van der Waals surface area (Å²) in [5.41, 5.74) is 0.0447. The van der Waals surface area contributed by atoms with Crippen LogP contribution in [0.15, 0.2) is 12.4 Å². The highest BCUT2D eigenvalue weighted by atomic mass is 16.6. The molecule has 1 aromatic heterocycles. The van der Waals surface area contributed by atoms with Gasteiger partial charge >= 0.3 is 6.09 Å². The van der Waals surface area contributed by atoms with Crippen LogP contribution in [0.4, 0.5) is 10.5 Å². The van der Waals surface area contributed by atoms with Gasteiger partial charge < -0.3 is 9.84 Å². The Kier molecular flexibility index (Phi) is 4.11. The van der Waals surface area contributed by atoms with Crippen molar-refractivity contribution in [3.63, 3.8) is 0 Å². The topological polar surface area (TPSA) is 67.6 Å². The van der Waals surface area contributed by atoms with E-state index >= 15 is 0 Å². The molecule has 0 aliphatic rings. The maximum absolute atomic E-state index is 11.9. The Bertz CT molecular complexity index is 382. The molecule has 1 aromatic rings. The van der Waals surface area contributed by atoms with Crippen LogP contribution in [0.5, 0.6) is 0 Å². The monoisotopic (exact) mass is 241 g/mol. The Hall–Kier alpha value is -1.56. The number of ether oxygens (including phenoxy) is 1. The van der Waals surface area contributed by atoms with Gasteiger partial charge in [0.1, 0.15) is 5.60 Å². The van der Waals surface area contributed by atoms with Crippen LogP contribution in [0.1, 0.15) is 20.8 Å². The number of aryl methyl sites for hydroxylation is 1. The third-order valence-corrected chi connectivity index (χ3v) is 1.94. The molecule has 0 atom stereocenters. The van der Waals surface area contributed by atoms with E-state index in [1.165, 1.54) is 4.90 Å². The highest BCUT2D eigenvalue weighted by Crippen LogP contribution is 2.16. The molecule has 17 heavy (non-hydrogen) atoms. The second-order valence-corrected chi connectivity index (χ2v) is 4.73.